The molecule has 2 heterocycles. The summed E-state index contributed by atoms with van der Waals surface area (Å²) in [4.78, 5) is 17.4. The molecular weight excluding hydrogens is 421 g/mol. The highest BCUT2D eigenvalue weighted by Gasteiger charge is 2.63. The summed E-state index contributed by atoms with van der Waals surface area (Å²) in [6, 6.07) is 16.2. The summed E-state index contributed by atoms with van der Waals surface area (Å²) in [7, 11) is 0. The zero-order chi connectivity index (χ0) is 21.5. The molecule has 154 valence electrons. The van der Waals surface area contributed by atoms with Crippen molar-refractivity contribution in [1.82, 2.24) is 4.90 Å². The van der Waals surface area contributed by atoms with Gasteiger partial charge in [-0.15, -0.1) is 11.6 Å². The monoisotopic (exact) mass is 441 g/mol. The Kier molecular flexibility index (Phi) is 5.50. The van der Waals surface area contributed by atoms with Crippen molar-refractivity contribution in [1.29, 1.82) is 5.26 Å². The number of rotatable bonds is 4. The number of anilines is 1. The number of ether oxygens (including phenoxy) is 1. The van der Waals surface area contributed by atoms with Crippen LogP contribution in [0.3, 0.4) is 0 Å². The van der Waals surface area contributed by atoms with Crippen molar-refractivity contribution in [2.24, 2.45) is 0 Å². The lowest BCUT2D eigenvalue weighted by Crippen LogP contribution is -2.62. The molecule has 2 atom stereocenters. The largest absolute Gasteiger partial charge is 0.376 e. The van der Waals surface area contributed by atoms with Gasteiger partial charge < -0.3 is 4.74 Å². The Morgan fingerprint density at radius 1 is 1.30 bits per heavy atom. The van der Waals surface area contributed by atoms with Crippen LogP contribution in [-0.4, -0.2) is 35.1 Å². The molecule has 0 aromatic heterocycles. The van der Waals surface area contributed by atoms with E-state index in [1.807, 2.05) is 50.3 Å². The van der Waals surface area contributed by atoms with Crippen LogP contribution in [0, 0.1) is 11.3 Å². The SMILES string of the molecule is C/C=C(/[C@@H](C)Cl)N1C(=O)N(c2ccc(Cl)cc2)[C@H](c2cccc(C#N)c2)C12COC2. The average molecular weight is 442 g/mol. The van der Waals surface area contributed by atoms with Crippen molar-refractivity contribution in [3.63, 3.8) is 0 Å². The fourth-order valence-corrected chi connectivity index (χ4v) is 4.72. The second-order valence-electron chi connectivity index (χ2n) is 7.53. The fourth-order valence-electron chi connectivity index (χ4n) is 4.37. The average Bonchev–Trinajstić information content (AvgIpc) is 2.99. The predicted molar refractivity (Wildman–Crippen MR) is 118 cm³/mol. The molecule has 1 spiro atoms. The van der Waals surface area contributed by atoms with Gasteiger partial charge in [0.05, 0.1) is 36.3 Å². The number of nitrogens with zero attached hydrogens (tertiary/aromatic N) is 3. The zero-order valence-corrected chi connectivity index (χ0v) is 18.2. The third-order valence-corrected chi connectivity index (χ3v) is 6.19. The van der Waals surface area contributed by atoms with Crippen LogP contribution in [0.15, 0.2) is 60.3 Å². The number of amides is 2. The Morgan fingerprint density at radius 2 is 2.00 bits per heavy atom. The number of alkyl halides is 1. The summed E-state index contributed by atoms with van der Waals surface area (Å²) in [6.45, 7) is 4.50. The van der Waals surface area contributed by atoms with Gasteiger partial charge in [0.25, 0.3) is 0 Å². The van der Waals surface area contributed by atoms with Crippen LogP contribution in [0.4, 0.5) is 10.5 Å². The van der Waals surface area contributed by atoms with Gasteiger partial charge >= 0.3 is 6.03 Å². The summed E-state index contributed by atoms with van der Waals surface area (Å²) in [5.74, 6) is 0. The van der Waals surface area contributed by atoms with Gasteiger partial charge in [-0.05, 0) is 55.8 Å². The molecule has 2 amide bonds. The van der Waals surface area contributed by atoms with Crippen molar-refractivity contribution >= 4 is 34.9 Å². The Morgan fingerprint density at radius 3 is 2.53 bits per heavy atom. The molecule has 2 aliphatic heterocycles. The van der Waals surface area contributed by atoms with E-state index in [0.29, 0.717) is 23.8 Å². The van der Waals surface area contributed by atoms with Gasteiger partial charge in [-0.3, -0.25) is 9.80 Å². The third-order valence-electron chi connectivity index (χ3n) is 5.71. The number of hydrogen-bond acceptors (Lipinski definition) is 3. The Balaban J connectivity index is 1.93. The summed E-state index contributed by atoms with van der Waals surface area (Å²) in [5, 5.41) is 9.65. The van der Waals surface area contributed by atoms with Crippen LogP contribution < -0.4 is 4.90 Å². The van der Waals surface area contributed by atoms with Crippen LogP contribution in [-0.2, 0) is 4.74 Å². The number of hydrogen-bond donors (Lipinski definition) is 0. The first kappa shape index (κ1) is 20.7. The molecule has 4 rings (SSSR count). The molecular formula is C23H21Cl2N3O2. The molecule has 2 fully saturated rings. The number of carbonyl (C=O) groups is 1. The maximum atomic E-state index is 13.8. The molecule has 2 aliphatic rings. The van der Waals surface area contributed by atoms with E-state index in [4.69, 9.17) is 27.9 Å². The first-order valence-electron chi connectivity index (χ1n) is 9.70. The molecule has 7 heteroatoms. The van der Waals surface area contributed by atoms with Crippen LogP contribution >= 0.6 is 23.2 Å². The Labute approximate surface area is 186 Å². The smallest absolute Gasteiger partial charge is 0.330 e. The van der Waals surface area contributed by atoms with E-state index in [-0.39, 0.29) is 17.5 Å². The molecule has 2 aromatic rings. The molecule has 30 heavy (non-hydrogen) atoms. The Hall–Kier alpha value is -2.52. The highest BCUT2D eigenvalue weighted by Crippen LogP contribution is 2.51. The molecule has 0 saturated carbocycles. The third kappa shape index (κ3) is 3.16. The van der Waals surface area contributed by atoms with Gasteiger partial charge in [-0.25, -0.2) is 4.79 Å². The van der Waals surface area contributed by atoms with E-state index in [2.05, 4.69) is 6.07 Å². The quantitative estimate of drug-likeness (QED) is 0.588. The van der Waals surface area contributed by atoms with Crippen LogP contribution in [0.2, 0.25) is 5.02 Å². The van der Waals surface area contributed by atoms with E-state index < -0.39 is 5.54 Å². The molecule has 0 bridgehead atoms. The molecule has 2 aromatic carbocycles. The Bertz CT molecular complexity index is 1040. The lowest BCUT2D eigenvalue weighted by atomic mass is 9.82. The number of halogens is 2. The standard InChI is InChI=1S/C23H21Cl2N3O2/c1-3-20(15(2)24)28-22(29)27(19-9-7-18(25)8-10-19)21(23(28)13-30-14-23)17-6-4-5-16(11-17)12-26/h3-11,15,21H,13-14H2,1-2H3/b20-3-/t15-,21-/m1/s1. The van der Waals surface area contributed by atoms with Crippen molar-refractivity contribution in [3.05, 3.63) is 76.5 Å². The van der Waals surface area contributed by atoms with Crippen molar-refractivity contribution in [2.75, 3.05) is 18.1 Å². The molecule has 0 aliphatic carbocycles. The molecule has 0 N–H and O–H groups in total. The number of allylic oxidation sites excluding steroid dienone is 2. The summed E-state index contributed by atoms with van der Waals surface area (Å²) < 4.78 is 5.65. The van der Waals surface area contributed by atoms with Gasteiger partial charge in [0.15, 0.2) is 0 Å². The summed E-state index contributed by atoms with van der Waals surface area (Å²) in [6.07, 6.45) is 1.88. The number of benzene rings is 2. The minimum Gasteiger partial charge on any atom is -0.376 e. The van der Waals surface area contributed by atoms with Gasteiger partial charge in [0.2, 0.25) is 0 Å². The van der Waals surface area contributed by atoms with Crippen LogP contribution in [0.5, 0.6) is 0 Å². The van der Waals surface area contributed by atoms with E-state index in [0.717, 1.165) is 16.9 Å². The number of nitriles is 1. The lowest BCUT2D eigenvalue weighted by molar-refractivity contribution is -0.112. The summed E-state index contributed by atoms with van der Waals surface area (Å²) >= 11 is 12.6. The molecule has 0 radical (unpaired) electrons. The maximum absolute atomic E-state index is 13.8. The molecule has 5 nitrogen and oxygen atoms in total. The second-order valence-corrected chi connectivity index (χ2v) is 8.62. The van der Waals surface area contributed by atoms with Crippen molar-refractivity contribution < 1.29 is 9.53 Å². The van der Waals surface area contributed by atoms with E-state index in [1.54, 1.807) is 28.0 Å². The second kappa shape index (κ2) is 7.96. The number of carbonyl (C=O) groups excluding carboxylic acids is 1. The van der Waals surface area contributed by atoms with Crippen LogP contribution in [0.1, 0.15) is 31.0 Å². The highest BCUT2D eigenvalue weighted by molar-refractivity contribution is 6.30. The van der Waals surface area contributed by atoms with Crippen LogP contribution in [0.25, 0.3) is 0 Å². The molecule has 0 unspecified atom stereocenters. The van der Waals surface area contributed by atoms with Gasteiger partial charge in [-0.2, -0.15) is 5.26 Å². The maximum Gasteiger partial charge on any atom is 0.330 e. The predicted octanol–water partition coefficient (Wildman–Crippen LogP) is 5.50. The van der Waals surface area contributed by atoms with Crippen molar-refractivity contribution in [3.8, 4) is 6.07 Å². The topological polar surface area (TPSA) is 56.6 Å². The van der Waals surface area contributed by atoms with Gasteiger partial charge in [-0.1, -0.05) is 29.8 Å². The van der Waals surface area contributed by atoms with Crippen molar-refractivity contribution in [2.45, 2.75) is 30.8 Å². The minimum atomic E-state index is -0.615. The van der Waals surface area contributed by atoms with E-state index in [1.165, 1.54) is 0 Å². The first-order valence-corrected chi connectivity index (χ1v) is 10.5. The van der Waals surface area contributed by atoms with Gasteiger partial charge in [0.1, 0.15) is 5.54 Å². The fraction of sp³-hybridized carbons (Fsp3) is 0.304. The first-order chi connectivity index (χ1) is 14.4. The van der Waals surface area contributed by atoms with E-state index >= 15 is 0 Å². The zero-order valence-electron chi connectivity index (χ0n) is 16.7. The van der Waals surface area contributed by atoms with Gasteiger partial charge in [0, 0.05) is 16.4 Å². The molecule has 2 saturated heterocycles. The number of urea groups is 1. The lowest BCUT2D eigenvalue weighted by Gasteiger charge is -2.48. The highest BCUT2D eigenvalue weighted by atomic mass is 35.5. The normalized spacial score (nSPS) is 21.5. The summed E-state index contributed by atoms with van der Waals surface area (Å²) in [5.41, 5.74) is 2.27. The van der Waals surface area contributed by atoms with E-state index in [9.17, 15) is 10.1 Å². The minimum absolute atomic E-state index is 0.173.